The lowest BCUT2D eigenvalue weighted by molar-refractivity contribution is 0.125. The predicted octanol–water partition coefficient (Wildman–Crippen LogP) is 6.18. The van der Waals surface area contributed by atoms with Crippen molar-refractivity contribution in [3.8, 4) is 16.5 Å². The molecule has 2 amide bonds. The van der Waals surface area contributed by atoms with E-state index in [9.17, 15) is 14.9 Å². The van der Waals surface area contributed by atoms with Crippen molar-refractivity contribution in [2.24, 2.45) is 5.73 Å². The first-order valence-corrected chi connectivity index (χ1v) is 11.9. The molecule has 8 nitrogen and oxygen atoms in total. The van der Waals surface area contributed by atoms with Crippen LogP contribution in [0.1, 0.15) is 76.3 Å². The Morgan fingerprint density at radius 3 is 2.36 bits per heavy atom. The van der Waals surface area contributed by atoms with Crippen molar-refractivity contribution in [1.82, 2.24) is 4.98 Å². The number of hydrogen-bond donors (Lipinski definition) is 2. The van der Waals surface area contributed by atoms with Crippen molar-refractivity contribution in [3.63, 3.8) is 0 Å². The molecule has 1 saturated carbocycles. The number of nitrogens with zero attached hydrogens (tertiary/aromatic N) is 2. The molecule has 33 heavy (non-hydrogen) atoms. The van der Waals surface area contributed by atoms with Gasteiger partial charge in [0.25, 0.3) is 0 Å². The van der Waals surface area contributed by atoms with E-state index in [0.29, 0.717) is 17.2 Å². The molecule has 178 valence electrons. The number of amides is 2. The topological polar surface area (TPSA) is 127 Å². The molecule has 0 unspecified atom stereocenters. The number of primary amides is 1. The van der Waals surface area contributed by atoms with Crippen LogP contribution in [0.2, 0.25) is 0 Å². The van der Waals surface area contributed by atoms with Gasteiger partial charge in [0.2, 0.25) is 0 Å². The van der Waals surface area contributed by atoms with E-state index in [1.165, 1.54) is 37.1 Å². The summed E-state index contributed by atoms with van der Waals surface area (Å²) in [5.74, 6) is 0.555. The van der Waals surface area contributed by atoms with Gasteiger partial charge in [-0.3, -0.25) is 5.32 Å². The number of nitrogens with one attached hydrogen (secondary N) is 1. The molecule has 0 radical (unpaired) electrons. The number of ether oxygens (including phenoxy) is 2. The molecule has 0 bridgehead atoms. The second-order valence-electron chi connectivity index (χ2n) is 8.33. The van der Waals surface area contributed by atoms with Crippen LogP contribution in [0, 0.1) is 11.3 Å². The summed E-state index contributed by atoms with van der Waals surface area (Å²) < 4.78 is 9.46. The van der Waals surface area contributed by atoms with Gasteiger partial charge in [-0.2, -0.15) is 5.26 Å². The van der Waals surface area contributed by atoms with Crippen molar-refractivity contribution in [2.75, 3.05) is 5.32 Å². The van der Waals surface area contributed by atoms with E-state index >= 15 is 0 Å². The van der Waals surface area contributed by atoms with Crippen LogP contribution in [0.5, 0.6) is 0 Å². The third-order valence-electron chi connectivity index (χ3n) is 4.82. The second-order valence-corrected chi connectivity index (χ2v) is 9.40. The van der Waals surface area contributed by atoms with Gasteiger partial charge in [0.05, 0.1) is 33.7 Å². The van der Waals surface area contributed by atoms with Crippen LogP contribution < -0.4 is 11.1 Å². The molecule has 9 heteroatoms. The molecule has 0 spiro atoms. The van der Waals surface area contributed by atoms with Gasteiger partial charge < -0.3 is 15.2 Å². The van der Waals surface area contributed by atoms with Gasteiger partial charge in [-0.15, -0.1) is 11.3 Å². The van der Waals surface area contributed by atoms with Crippen molar-refractivity contribution in [2.45, 2.75) is 77.9 Å². The third-order valence-corrected chi connectivity index (χ3v) is 6.02. The van der Waals surface area contributed by atoms with Gasteiger partial charge in [0.15, 0.2) is 0 Å². The minimum atomic E-state index is -0.713. The van der Waals surface area contributed by atoms with Crippen LogP contribution in [0.4, 0.5) is 15.3 Å². The number of hydrogen-bond acceptors (Lipinski definition) is 7. The molecule has 1 fully saturated rings. The zero-order valence-corrected chi connectivity index (χ0v) is 20.4. The fourth-order valence-corrected chi connectivity index (χ4v) is 4.60. The van der Waals surface area contributed by atoms with E-state index in [4.69, 9.17) is 4.74 Å². The third kappa shape index (κ3) is 8.73. The van der Waals surface area contributed by atoms with Crippen LogP contribution in [-0.4, -0.2) is 29.4 Å². The molecule has 1 aromatic heterocycles. The zero-order valence-electron chi connectivity index (χ0n) is 19.6. The minimum Gasteiger partial charge on any atom is -0.447 e. The number of thiazole rings is 1. The van der Waals surface area contributed by atoms with Gasteiger partial charge >= 0.3 is 12.2 Å². The SMILES string of the molecule is CC(C)OC(=O)Nc1ccc(-c2cnc(C3CCCCC3)s2)c(C#N)c1.CC(C)OC(N)=O. The number of anilines is 1. The molecule has 2 aromatic rings. The van der Waals surface area contributed by atoms with Crippen LogP contribution in [0.15, 0.2) is 24.4 Å². The monoisotopic (exact) mass is 472 g/mol. The van der Waals surface area contributed by atoms with Crippen molar-refractivity contribution >= 4 is 29.2 Å². The maximum absolute atomic E-state index is 11.7. The molecule has 1 aliphatic rings. The van der Waals surface area contributed by atoms with Crippen molar-refractivity contribution in [1.29, 1.82) is 5.26 Å². The lowest BCUT2D eigenvalue weighted by atomic mass is 9.90. The van der Waals surface area contributed by atoms with Gasteiger partial charge in [-0.1, -0.05) is 25.3 Å². The Labute approximate surface area is 199 Å². The first kappa shape index (κ1) is 26.1. The van der Waals surface area contributed by atoms with Gasteiger partial charge in [0, 0.05) is 23.4 Å². The molecule has 0 aliphatic heterocycles. The molecule has 1 aromatic carbocycles. The summed E-state index contributed by atoms with van der Waals surface area (Å²) in [7, 11) is 0. The molecule has 0 saturated heterocycles. The average molecular weight is 473 g/mol. The second kappa shape index (κ2) is 12.8. The van der Waals surface area contributed by atoms with Crippen molar-refractivity contribution < 1.29 is 19.1 Å². The highest BCUT2D eigenvalue weighted by atomic mass is 32.1. The highest BCUT2D eigenvalue weighted by Gasteiger charge is 2.20. The molecule has 3 N–H and O–H groups in total. The Balaban J connectivity index is 0.000000479. The largest absolute Gasteiger partial charge is 0.447 e. The Morgan fingerprint density at radius 2 is 1.82 bits per heavy atom. The van der Waals surface area contributed by atoms with Crippen LogP contribution >= 0.6 is 11.3 Å². The summed E-state index contributed by atoms with van der Waals surface area (Å²) in [5, 5.41) is 13.4. The lowest BCUT2D eigenvalue weighted by Crippen LogP contribution is -2.18. The van der Waals surface area contributed by atoms with E-state index in [1.54, 1.807) is 51.2 Å². The van der Waals surface area contributed by atoms with Crippen molar-refractivity contribution in [3.05, 3.63) is 35.0 Å². The van der Waals surface area contributed by atoms with E-state index in [1.807, 2.05) is 12.3 Å². The summed E-state index contributed by atoms with van der Waals surface area (Å²) in [4.78, 5) is 27.2. The van der Waals surface area contributed by atoms with E-state index in [-0.39, 0.29) is 12.2 Å². The number of rotatable bonds is 5. The van der Waals surface area contributed by atoms with Crippen LogP contribution in [-0.2, 0) is 9.47 Å². The fourth-order valence-electron chi connectivity index (χ4n) is 3.47. The molecule has 1 heterocycles. The summed E-state index contributed by atoms with van der Waals surface area (Å²) in [6.07, 6.45) is 6.62. The summed E-state index contributed by atoms with van der Waals surface area (Å²) in [6, 6.07) is 7.55. The van der Waals surface area contributed by atoms with E-state index in [0.717, 1.165) is 10.4 Å². The number of nitrogens with two attached hydrogens (primary N) is 1. The Bertz CT molecular complexity index is 975. The number of carbonyl (C=O) groups excluding carboxylic acids is 2. The maximum atomic E-state index is 11.7. The normalized spacial score (nSPS) is 13.6. The number of aromatic nitrogens is 1. The zero-order chi connectivity index (χ0) is 24.4. The van der Waals surface area contributed by atoms with Gasteiger partial charge in [-0.05, 0) is 52.7 Å². The molecular weight excluding hydrogens is 440 g/mol. The Hall–Kier alpha value is -3.12. The van der Waals surface area contributed by atoms with E-state index < -0.39 is 12.2 Å². The average Bonchev–Trinajstić information content (AvgIpc) is 3.23. The van der Waals surface area contributed by atoms with Crippen LogP contribution in [0.3, 0.4) is 0 Å². The number of carbonyl (C=O) groups is 2. The first-order chi connectivity index (χ1) is 15.7. The minimum absolute atomic E-state index is 0.0995. The molecule has 1 aliphatic carbocycles. The standard InChI is InChI=1S/C20H23N3O2S.C4H9NO2/c1-13(2)25-20(24)23-16-8-9-17(15(10-16)11-21)18-12-22-19(26-18)14-6-4-3-5-7-14;1-3(2)7-4(5)6/h8-10,12-14H,3-7H2,1-2H3,(H,23,24);3H,1-2H3,(H2,5,6). The lowest BCUT2D eigenvalue weighted by Gasteiger charge is -2.18. The molecular formula is C24H32N4O4S. The smallest absolute Gasteiger partial charge is 0.411 e. The Morgan fingerprint density at radius 1 is 1.15 bits per heavy atom. The highest BCUT2D eigenvalue weighted by molar-refractivity contribution is 7.15. The first-order valence-electron chi connectivity index (χ1n) is 11.1. The number of benzene rings is 1. The fraction of sp³-hybridized carbons (Fsp3) is 0.500. The number of nitriles is 1. The summed E-state index contributed by atoms with van der Waals surface area (Å²) in [6.45, 7) is 7.06. The maximum Gasteiger partial charge on any atom is 0.411 e. The van der Waals surface area contributed by atoms with E-state index in [2.05, 4.69) is 26.8 Å². The quantitative estimate of drug-likeness (QED) is 0.535. The molecule has 3 rings (SSSR count). The Kier molecular flexibility index (Phi) is 10.1. The highest BCUT2D eigenvalue weighted by Crippen LogP contribution is 2.38. The van der Waals surface area contributed by atoms with Gasteiger partial charge in [-0.25, -0.2) is 14.6 Å². The summed E-state index contributed by atoms with van der Waals surface area (Å²) in [5.41, 5.74) is 6.56. The summed E-state index contributed by atoms with van der Waals surface area (Å²) >= 11 is 1.68. The molecule has 0 atom stereocenters. The van der Waals surface area contributed by atoms with Gasteiger partial charge in [0.1, 0.15) is 0 Å². The predicted molar refractivity (Wildman–Crippen MR) is 129 cm³/mol. The van der Waals surface area contributed by atoms with Crippen LogP contribution in [0.25, 0.3) is 10.4 Å².